The topological polar surface area (TPSA) is 90.5 Å². The Kier molecular flexibility index (Phi) is 8.40. The third kappa shape index (κ3) is 6.84. The molecule has 2 aliphatic rings. The Hall–Kier alpha value is -3.35. The van der Waals surface area contributed by atoms with Gasteiger partial charge in [-0.05, 0) is 43.2 Å². The summed E-state index contributed by atoms with van der Waals surface area (Å²) in [7, 11) is 0. The number of piperidine rings is 1. The maximum absolute atomic E-state index is 13.5. The summed E-state index contributed by atoms with van der Waals surface area (Å²) in [6, 6.07) is 19.5. The van der Waals surface area contributed by atoms with Crippen LogP contribution in [0.3, 0.4) is 0 Å². The minimum absolute atomic E-state index is 0.0127. The van der Waals surface area contributed by atoms with E-state index in [1.54, 1.807) is 0 Å². The van der Waals surface area contributed by atoms with E-state index in [-0.39, 0.29) is 23.9 Å². The molecule has 0 bridgehead atoms. The van der Waals surface area contributed by atoms with Crippen LogP contribution in [0.15, 0.2) is 60.7 Å². The lowest BCUT2D eigenvalue weighted by atomic mass is 9.93. The molecule has 3 N–H and O–H groups in total. The fourth-order valence-corrected chi connectivity index (χ4v) is 5.14. The van der Waals surface area contributed by atoms with Gasteiger partial charge in [0, 0.05) is 32.1 Å². The molecule has 1 aliphatic heterocycles. The minimum atomic E-state index is -0.827. The predicted octanol–water partition coefficient (Wildman–Crippen LogP) is 3.54. The van der Waals surface area contributed by atoms with E-state index in [2.05, 4.69) is 16.0 Å². The number of hydrogen-bond donors (Lipinski definition) is 3. The van der Waals surface area contributed by atoms with E-state index in [9.17, 15) is 14.4 Å². The van der Waals surface area contributed by atoms with Crippen molar-refractivity contribution >= 4 is 17.8 Å². The summed E-state index contributed by atoms with van der Waals surface area (Å²) in [6.45, 7) is 1.61. The van der Waals surface area contributed by atoms with Gasteiger partial charge >= 0.3 is 6.03 Å². The van der Waals surface area contributed by atoms with Crippen LogP contribution in [-0.2, 0) is 22.6 Å². The van der Waals surface area contributed by atoms with Crippen LogP contribution in [-0.4, -0.2) is 47.4 Å². The average Bonchev–Trinajstić information content (AvgIpc) is 3.37. The minimum Gasteiger partial charge on any atom is -0.353 e. The van der Waals surface area contributed by atoms with Crippen LogP contribution in [0.5, 0.6) is 0 Å². The summed E-state index contributed by atoms with van der Waals surface area (Å²) < 4.78 is 0. The second-order valence-electron chi connectivity index (χ2n) is 9.70. The molecule has 0 unspecified atom stereocenters. The second-order valence-corrected chi connectivity index (χ2v) is 9.70. The summed E-state index contributed by atoms with van der Waals surface area (Å²) in [5.41, 5.74) is 1.35. The zero-order valence-corrected chi connectivity index (χ0v) is 20.3. The maximum Gasteiger partial charge on any atom is 0.315 e. The third-order valence-corrected chi connectivity index (χ3v) is 7.15. The van der Waals surface area contributed by atoms with Crippen molar-refractivity contribution in [1.29, 1.82) is 0 Å². The van der Waals surface area contributed by atoms with Crippen molar-refractivity contribution in [3.05, 3.63) is 71.8 Å². The van der Waals surface area contributed by atoms with E-state index >= 15 is 0 Å². The van der Waals surface area contributed by atoms with Gasteiger partial charge in [-0.25, -0.2) is 4.79 Å². The molecule has 2 aromatic rings. The van der Waals surface area contributed by atoms with Gasteiger partial charge in [-0.1, -0.05) is 73.5 Å². The molecule has 1 saturated heterocycles. The number of carbonyl (C=O) groups is 3. The van der Waals surface area contributed by atoms with Crippen LogP contribution in [0.25, 0.3) is 0 Å². The Labute approximate surface area is 207 Å². The van der Waals surface area contributed by atoms with Gasteiger partial charge in [0.2, 0.25) is 11.8 Å². The van der Waals surface area contributed by atoms with Gasteiger partial charge in [0.25, 0.3) is 0 Å². The molecule has 0 atom stereocenters. The second kappa shape index (κ2) is 11.9. The quantitative estimate of drug-likeness (QED) is 0.544. The highest BCUT2D eigenvalue weighted by Gasteiger charge is 2.45. The van der Waals surface area contributed by atoms with Crippen LogP contribution in [0.4, 0.5) is 4.79 Å². The number of amides is 4. The molecule has 1 saturated carbocycles. The Morgan fingerprint density at radius 3 is 2.09 bits per heavy atom. The molecule has 1 aliphatic carbocycles. The molecule has 0 spiro atoms. The standard InChI is InChI=1S/C28H36N4O3/c33-25(14-13-22-9-3-1-4-10-22)30-24-15-19-32(20-16-24)26(34)28(17-7-8-18-28)31-27(35)29-21-23-11-5-2-6-12-23/h1-6,9-12,24H,7-8,13-21H2,(H,30,33)(H2,29,31,35). The molecule has 186 valence electrons. The Morgan fingerprint density at radius 2 is 1.46 bits per heavy atom. The zero-order chi connectivity index (χ0) is 24.5. The Morgan fingerprint density at radius 1 is 0.857 bits per heavy atom. The first-order valence-corrected chi connectivity index (χ1v) is 12.8. The number of nitrogens with one attached hydrogen (secondary N) is 3. The number of benzene rings is 2. The summed E-state index contributed by atoms with van der Waals surface area (Å²) in [6.07, 6.45) is 5.86. The van der Waals surface area contributed by atoms with Gasteiger partial charge in [-0.15, -0.1) is 0 Å². The number of urea groups is 1. The van der Waals surface area contributed by atoms with Crippen LogP contribution >= 0.6 is 0 Å². The number of hydrogen-bond acceptors (Lipinski definition) is 3. The largest absolute Gasteiger partial charge is 0.353 e. The zero-order valence-electron chi connectivity index (χ0n) is 20.3. The first kappa shape index (κ1) is 24.8. The van der Waals surface area contributed by atoms with Crippen molar-refractivity contribution in [2.45, 2.75) is 69.5 Å². The van der Waals surface area contributed by atoms with Gasteiger partial charge in [0.15, 0.2) is 0 Å². The molecule has 0 radical (unpaired) electrons. The highest BCUT2D eigenvalue weighted by atomic mass is 16.2. The highest BCUT2D eigenvalue weighted by Crippen LogP contribution is 2.32. The van der Waals surface area contributed by atoms with Crippen molar-refractivity contribution in [2.24, 2.45) is 0 Å². The van der Waals surface area contributed by atoms with Crippen molar-refractivity contribution in [3.8, 4) is 0 Å². The predicted molar refractivity (Wildman–Crippen MR) is 136 cm³/mol. The fourth-order valence-electron chi connectivity index (χ4n) is 5.14. The van der Waals surface area contributed by atoms with Gasteiger partial charge in [0.1, 0.15) is 5.54 Å². The average molecular weight is 477 g/mol. The number of nitrogens with zero attached hydrogens (tertiary/aromatic N) is 1. The molecule has 2 aromatic carbocycles. The van der Waals surface area contributed by atoms with E-state index in [0.29, 0.717) is 38.9 Å². The van der Waals surface area contributed by atoms with Crippen molar-refractivity contribution < 1.29 is 14.4 Å². The molecule has 7 heteroatoms. The number of aryl methyl sites for hydroxylation is 1. The summed E-state index contributed by atoms with van der Waals surface area (Å²) in [5, 5.41) is 9.05. The van der Waals surface area contributed by atoms with Crippen molar-refractivity contribution in [1.82, 2.24) is 20.9 Å². The van der Waals surface area contributed by atoms with Gasteiger partial charge in [0.05, 0.1) is 0 Å². The Bertz CT molecular complexity index is 982. The number of rotatable bonds is 8. The molecule has 35 heavy (non-hydrogen) atoms. The fraction of sp³-hybridized carbons (Fsp3) is 0.464. The lowest BCUT2D eigenvalue weighted by Gasteiger charge is -2.39. The van der Waals surface area contributed by atoms with Gasteiger partial charge in [-0.2, -0.15) is 0 Å². The summed E-state index contributed by atoms with van der Waals surface area (Å²) in [5.74, 6) is 0.0707. The molecule has 0 aromatic heterocycles. The molecule has 1 heterocycles. The molecular formula is C28H36N4O3. The van der Waals surface area contributed by atoms with Crippen LogP contribution in [0.2, 0.25) is 0 Å². The van der Waals surface area contributed by atoms with Crippen molar-refractivity contribution in [3.63, 3.8) is 0 Å². The molecule has 4 amide bonds. The first-order chi connectivity index (χ1) is 17.0. The molecule has 7 nitrogen and oxygen atoms in total. The molecule has 4 rings (SSSR count). The third-order valence-electron chi connectivity index (χ3n) is 7.15. The van der Waals surface area contributed by atoms with Crippen LogP contribution in [0.1, 0.15) is 56.1 Å². The SMILES string of the molecule is O=C(CCc1ccccc1)NC1CCN(C(=O)C2(NC(=O)NCc3ccccc3)CCCC2)CC1. The molecular weight excluding hydrogens is 440 g/mol. The lowest BCUT2D eigenvalue weighted by Crippen LogP contribution is -2.61. The van der Waals surface area contributed by atoms with Gasteiger partial charge in [-0.3, -0.25) is 9.59 Å². The van der Waals surface area contributed by atoms with Gasteiger partial charge < -0.3 is 20.9 Å². The summed E-state index contributed by atoms with van der Waals surface area (Å²) >= 11 is 0. The molecule has 2 fully saturated rings. The number of likely N-dealkylation sites (tertiary alicyclic amines) is 1. The lowest BCUT2D eigenvalue weighted by molar-refractivity contribution is -0.139. The van der Waals surface area contributed by atoms with Crippen LogP contribution in [0, 0.1) is 0 Å². The van der Waals surface area contributed by atoms with E-state index in [1.165, 1.54) is 0 Å². The summed E-state index contributed by atoms with van der Waals surface area (Å²) in [4.78, 5) is 40.4. The van der Waals surface area contributed by atoms with Crippen molar-refractivity contribution in [2.75, 3.05) is 13.1 Å². The van der Waals surface area contributed by atoms with E-state index in [4.69, 9.17) is 0 Å². The monoisotopic (exact) mass is 476 g/mol. The Balaban J connectivity index is 1.24. The van der Waals surface area contributed by atoms with E-state index < -0.39 is 5.54 Å². The number of carbonyl (C=O) groups excluding carboxylic acids is 3. The van der Waals surface area contributed by atoms with E-state index in [0.717, 1.165) is 43.2 Å². The van der Waals surface area contributed by atoms with E-state index in [1.807, 2.05) is 65.6 Å². The smallest absolute Gasteiger partial charge is 0.315 e. The first-order valence-electron chi connectivity index (χ1n) is 12.8. The maximum atomic E-state index is 13.5. The highest BCUT2D eigenvalue weighted by molar-refractivity contribution is 5.91. The normalized spacial score (nSPS) is 17.5. The van der Waals surface area contributed by atoms with Crippen LogP contribution < -0.4 is 16.0 Å².